The van der Waals surface area contributed by atoms with E-state index in [1.807, 2.05) is 0 Å². The van der Waals surface area contributed by atoms with Crippen LogP contribution in [0.4, 0.5) is 5.69 Å². The largest absolute Gasteiger partial charge is 0.482 e. The number of fused-ring (bicyclic) bond motifs is 1. The van der Waals surface area contributed by atoms with E-state index in [2.05, 4.69) is 5.32 Å². The van der Waals surface area contributed by atoms with Crippen LogP contribution in [0.1, 0.15) is 15.9 Å². The Kier molecular flexibility index (Phi) is 5.34. The van der Waals surface area contributed by atoms with Gasteiger partial charge in [-0.2, -0.15) is 0 Å². The summed E-state index contributed by atoms with van der Waals surface area (Å²) >= 11 is 5.86. The van der Waals surface area contributed by atoms with Crippen LogP contribution in [0, 0.1) is 0 Å². The number of nitrogens with one attached hydrogen (secondary N) is 1. The van der Waals surface area contributed by atoms with Gasteiger partial charge < -0.3 is 14.8 Å². The van der Waals surface area contributed by atoms with Crippen molar-refractivity contribution in [1.29, 1.82) is 0 Å². The lowest BCUT2D eigenvalue weighted by Crippen LogP contribution is -2.25. The number of amides is 1. The molecular formula is C19H14ClNO5. The number of halogens is 1. The van der Waals surface area contributed by atoms with Crippen molar-refractivity contribution >= 4 is 41.0 Å². The number of Topliss-reactive ketones (excluding diaryl/α,β-unsaturated/α-hetero) is 1. The van der Waals surface area contributed by atoms with Crippen molar-refractivity contribution < 1.29 is 23.9 Å². The third kappa shape index (κ3) is 4.49. The molecule has 3 rings (SSSR count). The van der Waals surface area contributed by atoms with Gasteiger partial charge in [0.15, 0.2) is 19.0 Å². The maximum atomic E-state index is 12.2. The Hall–Kier alpha value is -3.12. The summed E-state index contributed by atoms with van der Waals surface area (Å²) in [6.45, 7) is -0.469. The van der Waals surface area contributed by atoms with E-state index in [9.17, 15) is 14.4 Å². The van der Waals surface area contributed by atoms with Gasteiger partial charge in [0.1, 0.15) is 5.75 Å². The molecule has 0 aromatic heterocycles. The monoisotopic (exact) mass is 371 g/mol. The first-order valence-electron chi connectivity index (χ1n) is 7.71. The number of anilines is 1. The zero-order valence-electron chi connectivity index (χ0n) is 13.5. The maximum Gasteiger partial charge on any atom is 0.331 e. The second-order valence-electron chi connectivity index (χ2n) is 5.47. The molecule has 0 spiro atoms. The molecule has 1 N–H and O–H groups in total. The van der Waals surface area contributed by atoms with E-state index in [0.29, 0.717) is 22.0 Å². The average Bonchev–Trinajstić information content (AvgIpc) is 2.63. The van der Waals surface area contributed by atoms with Crippen molar-refractivity contribution in [3.8, 4) is 5.75 Å². The second-order valence-corrected chi connectivity index (χ2v) is 5.90. The summed E-state index contributed by atoms with van der Waals surface area (Å²) in [7, 11) is 0. The molecule has 0 saturated heterocycles. The average molecular weight is 372 g/mol. The summed E-state index contributed by atoms with van der Waals surface area (Å²) in [5.74, 6) is -0.840. The van der Waals surface area contributed by atoms with Crippen molar-refractivity contribution in [2.24, 2.45) is 0 Å². The van der Waals surface area contributed by atoms with Gasteiger partial charge in [0.2, 0.25) is 0 Å². The van der Waals surface area contributed by atoms with E-state index in [1.54, 1.807) is 42.5 Å². The minimum atomic E-state index is -0.645. The van der Waals surface area contributed by atoms with E-state index in [4.69, 9.17) is 21.1 Å². The molecule has 2 aromatic carbocycles. The number of hydrogen-bond donors (Lipinski definition) is 1. The normalized spacial score (nSPS) is 12.9. The van der Waals surface area contributed by atoms with Crippen LogP contribution < -0.4 is 10.1 Å². The quantitative estimate of drug-likeness (QED) is 0.496. The lowest BCUT2D eigenvalue weighted by Gasteiger charge is -2.18. The SMILES string of the molecule is O=C1COc2ccc(C(=O)COC(=O)/C=C/c3cccc(Cl)c3)cc2N1. The Bertz CT molecular complexity index is 907. The first-order valence-corrected chi connectivity index (χ1v) is 8.09. The zero-order valence-corrected chi connectivity index (χ0v) is 14.3. The summed E-state index contributed by atoms with van der Waals surface area (Å²) < 4.78 is 10.2. The molecule has 0 fully saturated rings. The summed E-state index contributed by atoms with van der Waals surface area (Å²) in [5.41, 5.74) is 1.46. The number of rotatable bonds is 5. The van der Waals surface area contributed by atoms with Crippen LogP contribution in [-0.2, 0) is 14.3 Å². The highest BCUT2D eigenvalue weighted by Crippen LogP contribution is 2.28. The molecule has 0 bridgehead atoms. The van der Waals surface area contributed by atoms with Crippen LogP contribution in [0.3, 0.4) is 0 Å². The third-order valence-electron chi connectivity index (χ3n) is 3.54. The number of ketones is 1. The molecular weight excluding hydrogens is 358 g/mol. The van der Waals surface area contributed by atoms with Crippen LogP contribution in [0.15, 0.2) is 48.5 Å². The first kappa shape index (κ1) is 17.7. The highest BCUT2D eigenvalue weighted by Gasteiger charge is 2.18. The summed E-state index contributed by atoms with van der Waals surface area (Å²) in [6.07, 6.45) is 2.77. The van der Waals surface area contributed by atoms with Gasteiger partial charge in [-0.3, -0.25) is 9.59 Å². The molecule has 7 heteroatoms. The summed E-state index contributed by atoms with van der Waals surface area (Å²) in [6, 6.07) is 11.6. The van der Waals surface area contributed by atoms with Gasteiger partial charge in [-0.25, -0.2) is 4.79 Å². The van der Waals surface area contributed by atoms with E-state index >= 15 is 0 Å². The molecule has 0 saturated carbocycles. The summed E-state index contributed by atoms with van der Waals surface area (Å²) in [4.78, 5) is 35.2. The number of hydrogen-bond acceptors (Lipinski definition) is 5. The molecule has 6 nitrogen and oxygen atoms in total. The highest BCUT2D eigenvalue weighted by atomic mass is 35.5. The van der Waals surface area contributed by atoms with E-state index < -0.39 is 18.4 Å². The molecule has 0 radical (unpaired) electrons. The second kappa shape index (κ2) is 7.84. The van der Waals surface area contributed by atoms with E-state index in [1.165, 1.54) is 12.1 Å². The van der Waals surface area contributed by atoms with Crippen molar-refractivity contribution in [3.05, 3.63) is 64.7 Å². The minimum Gasteiger partial charge on any atom is -0.482 e. The molecule has 1 aliphatic heterocycles. The predicted octanol–water partition coefficient (Wildman–Crippen LogP) is 3.11. The molecule has 0 atom stereocenters. The van der Waals surface area contributed by atoms with E-state index in [0.717, 1.165) is 5.56 Å². The Morgan fingerprint density at radius 2 is 2.08 bits per heavy atom. The third-order valence-corrected chi connectivity index (χ3v) is 3.78. The van der Waals surface area contributed by atoms with Gasteiger partial charge in [0.05, 0.1) is 5.69 Å². The lowest BCUT2D eigenvalue weighted by atomic mass is 10.1. The minimum absolute atomic E-state index is 0.0587. The van der Waals surface area contributed by atoms with Gasteiger partial charge in [-0.05, 0) is 42.0 Å². The number of esters is 1. The van der Waals surface area contributed by atoms with Crippen LogP contribution in [-0.4, -0.2) is 30.9 Å². The Balaban J connectivity index is 1.57. The Morgan fingerprint density at radius 1 is 1.23 bits per heavy atom. The molecule has 26 heavy (non-hydrogen) atoms. The van der Waals surface area contributed by atoms with Crippen LogP contribution in [0.2, 0.25) is 5.02 Å². The molecule has 2 aromatic rings. The van der Waals surface area contributed by atoms with Gasteiger partial charge in [0.25, 0.3) is 5.91 Å². The Morgan fingerprint density at radius 3 is 2.88 bits per heavy atom. The highest BCUT2D eigenvalue weighted by molar-refractivity contribution is 6.30. The van der Waals surface area contributed by atoms with E-state index in [-0.39, 0.29) is 12.5 Å². The fraction of sp³-hybridized carbons (Fsp3) is 0.105. The number of carbonyl (C=O) groups excluding carboxylic acids is 3. The van der Waals surface area contributed by atoms with Crippen LogP contribution >= 0.6 is 11.6 Å². The number of carbonyl (C=O) groups is 3. The standard InChI is InChI=1S/C19H14ClNO5/c20-14-3-1-2-12(8-14)4-7-19(24)26-10-16(22)13-5-6-17-15(9-13)21-18(23)11-25-17/h1-9H,10-11H2,(H,21,23)/b7-4+. The maximum absolute atomic E-state index is 12.2. The molecule has 0 aliphatic carbocycles. The van der Waals surface area contributed by atoms with Crippen molar-refractivity contribution in [1.82, 2.24) is 0 Å². The molecule has 1 amide bonds. The number of ether oxygens (including phenoxy) is 2. The molecule has 132 valence electrons. The fourth-order valence-electron chi connectivity index (χ4n) is 2.30. The van der Waals surface area contributed by atoms with Crippen molar-refractivity contribution in [2.45, 2.75) is 0 Å². The first-order chi connectivity index (χ1) is 12.5. The van der Waals surface area contributed by atoms with Gasteiger partial charge in [-0.1, -0.05) is 23.7 Å². The number of benzene rings is 2. The lowest BCUT2D eigenvalue weighted by molar-refractivity contribution is -0.136. The van der Waals surface area contributed by atoms with Crippen LogP contribution in [0.5, 0.6) is 5.75 Å². The fourth-order valence-corrected chi connectivity index (χ4v) is 2.50. The molecule has 1 heterocycles. The topological polar surface area (TPSA) is 81.7 Å². The summed E-state index contributed by atoms with van der Waals surface area (Å²) in [5, 5.41) is 3.17. The predicted molar refractivity (Wildman–Crippen MR) is 96.3 cm³/mol. The smallest absolute Gasteiger partial charge is 0.331 e. The van der Waals surface area contributed by atoms with Crippen molar-refractivity contribution in [2.75, 3.05) is 18.5 Å². The molecule has 0 unspecified atom stereocenters. The van der Waals surface area contributed by atoms with Crippen LogP contribution in [0.25, 0.3) is 6.08 Å². The zero-order chi connectivity index (χ0) is 18.5. The van der Waals surface area contributed by atoms with Gasteiger partial charge >= 0.3 is 5.97 Å². The van der Waals surface area contributed by atoms with Gasteiger partial charge in [-0.15, -0.1) is 0 Å². The van der Waals surface area contributed by atoms with Crippen molar-refractivity contribution in [3.63, 3.8) is 0 Å². The van der Waals surface area contributed by atoms with Gasteiger partial charge in [0, 0.05) is 16.7 Å². The Labute approximate surface area is 154 Å². The molecule has 1 aliphatic rings.